The Kier molecular flexibility index (Phi) is 13.5. The second kappa shape index (κ2) is 13.9. The number of hydrogen-bond acceptors (Lipinski definition) is 4. The van der Waals surface area contributed by atoms with Crippen LogP contribution in [0.3, 0.4) is 0 Å². The van der Waals surface area contributed by atoms with E-state index in [9.17, 15) is 4.79 Å². The Bertz CT molecular complexity index is 295. The highest BCUT2D eigenvalue weighted by Gasteiger charge is 2.34. The van der Waals surface area contributed by atoms with Crippen LogP contribution in [-0.4, -0.2) is 31.6 Å². The van der Waals surface area contributed by atoms with Crippen molar-refractivity contribution < 1.29 is 14.3 Å². The molecule has 0 aliphatic carbocycles. The Morgan fingerprint density at radius 2 is 1.55 bits per heavy atom. The smallest absolute Gasteiger partial charge is 0.234 e. The molecule has 0 aromatic heterocycles. The molecule has 0 saturated heterocycles. The first-order valence-electron chi connectivity index (χ1n) is 8.96. The van der Waals surface area contributed by atoms with Crippen LogP contribution in [0, 0.1) is 5.92 Å². The van der Waals surface area contributed by atoms with Crippen molar-refractivity contribution in [1.29, 1.82) is 0 Å². The maximum Gasteiger partial charge on any atom is 0.234 e. The quantitative estimate of drug-likeness (QED) is 0.187. The number of rotatable bonds is 15. The molecule has 130 valence electrons. The number of isocyanates is 1. The molecule has 1 unspecified atom stereocenters. The molecule has 0 N–H and O–H groups in total. The van der Waals surface area contributed by atoms with Crippen LogP contribution >= 0.6 is 0 Å². The molecule has 0 aliphatic heterocycles. The predicted octanol–water partition coefficient (Wildman–Crippen LogP) is 4.87. The maximum atomic E-state index is 10.3. The van der Waals surface area contributed by atoms with Gasteiger partial charge in [0.15, 0.2) is 5.79 Å². The number of ether oxygens (including phenoxy) is 2. The van der Waals surface area contributed by atoms with Crippen molar-refractivity contribution >= 4 is 6.08 Å². The molecule has 4 heteroatoms. The van der Waals surface area contributed by atoms with E-state index in [0.29, 0.717) is 19.8 Å². The van der Waals surface area contributed by atoms with Gasteiger partial charge in [0.25, 0.3) is 0 Å². The van der Waals surface area contributed by atoms with Crippen LogP contribution < -0.4 is 0 Å². The zero-order valence-corrected chi connectivity index (χ0v) is 15.0. The lowest BCUT2D eigenvalue weighted by molar-refractivity contribution is -0.254. The van der Waals surface area contributed by atoms with E-state index < -0.39 is 5.79 Å². The zero-order chi connectivity index (χ0) is 16.7. The topological polar surface area (TPSA) is 47.9 Å². The van der Waals surface area contributed by atoms with Gasteiger partial charge in [-0.1, -0.05) is 45.4 Å². The third-order valence-corrected chi connectivity index (χ3v) is 4.16. The van der Waals surface area contributed by atoms with Crippen molar-refractivity contribution in [3.8, 4) is 0 Å². The highest BCUT2D eigenvalue weighted by atomic mass is 16.7. The fourth-order valence-electron chi connectivity index (χ4n) is 2.96. The van der Waals surface area contributed by atoms with Crippen LogP contribution in [-0.2, 0) is 14.3 Å². The third-order valence-electron chi connectivity index (χ3n) is 4.16. The molecule has 0 heterocycles. The van der Waals surface area contributed by atoms with E-state index in [1.165, 1.54) is 38.5 Å². The number of aliphatic imine (C=N–C) groups is 1. The molecule has 22 heavy (non-hydrogen) atoms. The average Bonchev–Trinajstić information content (AvgIpc) is 2.49. The van der Waals surface area contributed by atoms with Gasteiger partial charge in [-0.05, 0) is 33.6 Å². The monoisotopic (exact) mass is 313 g/mol. The Morgan fingerprint density at radius 1 is 0.955 bits per heavy atom. The van der Waals surface area contributed by atoms with Gasteiger partial charge in [-0.3, -0.25) is 0 Å². The lowest BCUT2D eigenvalue weighted by Gasteiger charge is -2.37. The fraction of sp³-hybridized carbons (Fsp3) is 0.944. The van der Waals surface area contributed by atoms with Crippen molar-refractivity contribution in [3.05, 3.63) is 0 Å². The number of carbonyl (C=O) groups excluding carboxylic acids is 1. The minimum absolute atomic E-state index is 0.260. The summed E-state index contributed by atoms with van der Waals surface area (Å²) < 4.78 is 11.8. The van der Waals surface area contributed by atoms with E-state index in [0.717, 1.165) is 12.8 Å². The van der Waals surface area contributed by atoms with E-state index >= 15 is 0 Å². The standard InChI is InChI=1S/C18H35NO3/c1-5-8-9-10-11-12-13-17(14-15-19-16-20)18(4,21-6-2)22-7-3/h17H,5-15H2,1-4H3. The van der Waals surface area contributed by atoms with Crippen LogP contribution in [0.15, 0.2) is 4.99 Å². The maximum absolute atomic E-state index is 10.3. The van der Waals surface area contributed by atoms with Gasteiger partial charge >= 0.3 is 0 Å². The summed E-state index contributed by atoms with van der Waals surface area (Å²) in [7, 11) is 0. The molecular weight excluding hydrogens is 278 g/mol. The molecule has 1 atom stereocenters. The number of hydrogen-bond donors (Lipinski definition) is 0. The molecule has 0 fully saturated rings. The van der Waals surface area contributed by atoms with E-state index in [4.69, 9.17) is 9.47 Å². The molecule has 0 bridgehead atoms. The van der Waals surface area contributed by atoms with E-state index in [1.54, 1.807) is 6.08 Å². The van der Waals surface area contributed by atoms with Crippen LogP contribution in [0.1, 0.15) is 79.1 Å². The Labute approximate surface area is 136 Å². The SMILES string of the molecule is CCCCCCCCC(CCN=C=O)C(C)(OCC)OCC. The van der Waals surface area contributed by atoms with E-state index in [-0.39, 0.29) is 5.92 Å². The van der Waals surface area contributed by atoms with Gasteiger partial charge < -0.3 is 9.47 Å². The molecule has 0 spiro atoms. The molecule has 0 aromatic rings. The summed E-state index contributed by atoms with van der Waals surface area (Å²) in [6.07, 6.45) is 11.1. The lowest BCUT2D eigenvalue weighted by atomic mass is 9.89. The number of nitrogens with zero attached hydrogens (tertiary/aromatic N) is 1. The molecule has 0 aliphatic rings. The molecule has 0 radical (unpaired) electrons. The molecule has 0 amide bonds. The van der Waals surface area contributed by atoms with Gasteiger partial charge in [0, 0.05) is 19.1 Å². The molecule has 0 rings (SSSR count). The predicted molar refractivity (Wildman–Crippen MR) is 90.7 cm³/mol. The van der Waals surface area contributed by atoms with Gasteiger partial charge in [0.05, 0.1) is 6.54 Å². The summed E-state index contributed by atoms with van der Waals surface area (Å²) in [5.74, 6) is -0.318. The molecular formula is C18H35NO3. The van der Waals surface area contributed by atoms with Crippen molar-refractivity contribution in [3.63, 3.8) is 0 Å². The lowest BCUT2D eigenvalue weighted by Crippen LogP contribution is -2.41. The second-order valence-electron chi connectivity index (χ2n) is 5.90. The molecule has 0 saturated carbocycles. The van der Waals surface area contributed by atoms with E-state index in [1.807, 2.05) is 20.8 Å². The largest absolute Gasteiger partial charge is 0.350 e. The first-order valence-corrected chi connectivity index (χ1v) is 8.96. The first kappa shape index (κ1) is 21.3. The normalized spacial score (nSPS) is 12.9. The van der Waals surface area contributed by atoms with Crippen LogP contribution in [0.5, 0.6) is 0 Å². The highest BCUT2D eigenvalue weighted by Crippen LogP contribution is 2.31. The summed E-state index contributed by atoms with van der Waals surface area (Å²) in [4.78, 5) is 14.0. The third kappa shape index (κ3) is 9.34. The second-order valence-corrected chi connectivity index (χ2v) is 5.90. The Balaban J connectivity index is 4.47. The minimum atomic E-state index is -0.578. The fourth-order valence-corrected chi connectivity index (χ4v) is 2.96. The first-order chi connectivity index (χ1) is 10.6. The van der Waals surface area contributed by atoms with E-state index in [2.05, 4.69) is 11.9 Å². The summed E-state index contributed by atoms with van der Waals surface area (Å²) in [5.41, 5.74) is 0. The summed E-state index contributed by atoms with van der Waals surface area (Å²) in [5, 5.41) is 0. The number of unbranched alkanes of at least 4 members (excludes halogenated alkanes) is 5. The van der Waals surface area contributed by atoms with Crippen molar-refractivity contribution in [2.45, 2.75) is 84.8 Å². The van der Waals surface area contributed by atoms with Gasteiger partial charge in [0.2, 0.25) is 6.08 Å². The van der Waals surface area contributed by atoms with Crippen LogP contribution in [0.4, 0.5) is 0 Å². The molecule has 0 aromatic carbocycles. The highest BCUT2D eigenvalue weighted by molar-refractivity contribution is 5.32. The zero-order valence-electron chi connectivity index (χ0n) is 15.0. The average molecular weight is 313 g/mol. The summed E-state index contributed by atoms with van der Waals surface area (Å²) in [6.45, 7) is 9.98. The van der Waals surface area contributed by atoms with Crippen LogP contribution in [0.25, 0.3) is 0 Å². The minimum Gasteiger partial charge on any atom is -0.350 e. The molecule has 4 nitrogen and oxygen atoms in total. The van der Waals surface area contributed by atoms with Gasteiger partial charge in [0.1, 0.15) is 0 Å². The van der Waals surface area contributed by atoms with Gasteiger partial charge in [-0.25, -0.2) is 9.79 Å². The van der Waals surface area contributed by atoms with Crippen molar-refractivity contribution in [1.82, 2.24) is 0 Å². The Hall–Kier alpha value is -0.700. The Morgan fingerprint density at radius 3 is 2.09 bits per heavy atom. The van der Waals surface area contributed by atoms with Gasteiger partial charge in [-0.15, -0.1) is 0 Å². The summed E-state index contributed by atoms with van der Waals surface area (Å²) in [6, 6.07) is 0. The van der Waals surface area contributed by atoms with Crippen molar-refractivity contribution in [2.75, 3.05) is 19.8 Å². The van der Waals surface area contributed by atoms with Crippen LogP contribution in [0.2, 0.25) is 0 Å². The van der Waals surface area contributed by atoms with Crippen molar-refractivity contribution in [2.24, 2.45) is 10.9 Å². The van der Waals surface area contributed by atoms with Gasteiger partial charge in [-0.2, -0.15) is 0 Å². The summed E-state index contributed by atoms with van der Waals surface area (Å²) >= 11 is 0.